The van der Waals surface area contributed by atoms with Gasteiger partial charge in [0.25, 0.3) is 0 Å². The molecule has 0 bridgehead atoms. The molecule has 0 atom stereocenters. The number of nitrogens with one attached hydrogen (secondary N) is 2. The molecular weight excluding hydrogens is 340 g/mol. The Morgan fingerprint density at radius 3 is 2.62 bits per heavy atom. The molecule has 1 aromatic carbocycles. The lowest BCUT2D eigenvalue weighted by Gasteiger charge is -2.29. The van der Waals surface area contributed by atoms with E-state index < -0.39 is 10.0 Å². The van der Waals surface area contributed by atoms with Crippen LogP contribution in [0.15, 0.2) is 29.6 Å². The van der Waals surface area contributed by atoms with E-state index in [1.165, 1.54) is 15.8 Å². The van der Waals surface area contributed by atoms with Crippen LogP contribution in [0.2, 0.25) is 0 Å². The quantitative estimate of drug-likeness (QED) is 0.805. The molecule has 6 heteroatoms. The molecule has 0 saturated heterocycles. The minimum absolute atomic E-state index is 0.108. The first-order chi connectivity index (χ1) is 11.4. The SMILES string of the molecule is CC(C)S(=O)(=O)NC1CCC(CNc2ccc3ccsc3c2)CC1. The van der Waals surface area contributed by atoms with Gasteiger partial charge in [-0.15, -0.1) is 11.3 Å². The van der Waals surface area contributed by atoms with Gasteiger partial charge in [-0.2, -0.15) is 0 Å². The van der Waals surface area contributed by atoms with Gasteiger partial charge in [-0.3, -0.25) is 0 Å². The molecular formula is C18H26N2O2S2. The molecule has 2 N–H and O–H groups in total. The highest BCUT2D eigenvalue weighted by molar-refractivity contribution is 7.90. The van der Waals surface area contributed by atoms with Gasteiger partial charge in [-0.25, -0.2) is 13.1 Å². The predicted molar refractivity (Wildman–Crippen MR) is 103 cm³/mol. The van der Waals surface area contributed by atoms with Crippen LogP contribution in [0.1, 0.15) is 39.5 Å². The number of hydrogen-bond donors (Lipinski definition) is 2. The van der Waals surface area contributed by atoms with E-state index in [0.717, 1.165) is 32.2 Å². The summed E-state index contributed by atoms with van der Waals surface area (Å²) in [6.45, 7) is 4.41. The molecule has 0 amide bonds. The number of rotatable bonds is 6. The van der Waals surface area contributed by atoms with Crippen molar-refractivity contribution < 1.29 is 8.42 Å². The summed E-state index contributed by atoms with van der Waals surface area (Å²) < 4.78 is 28.1. The first kappa shape index (κ1) is 17.7. The minimum Gasteiger partial charge on any atom is -0.385 e. The number of thiophene rings is 1. The largest absolute Gasteiger partial charge is 0.385 e. The van der Waals surface area contributed by atoms with Crippen LogP contribution in [0.5, 0.6) is 0 Å². The maximum atomic E-state index is 12.0. The summed E-state index contributed by atoms with van der Waals surface area (Å²) in [5.74, 6) is 0.615. The molecule has 1 aromatic heterocycles. The zero-order valence-electron chi connectivity index (χ0n) is 14.3. The monoisotopic (exact) mass is 366 g/mol. The number of anilines is 1. The zero-order valence-corrected chi connectivity index (χ0v) is 15.9. The Kier molecular flexibility index (Phi) is 5.47. The van der Waals surface area contributed by atoms with Gasteiger partial charge in [0, 0.05) is 23.0 Å². The van der Waals surface area contributed by atoms with Gasteiger partial charge in [0.2, 0.25) is 10.0 Å². The van der Waals surface area contributed by atoms with Crippen molar-refractivity contribution in [3.63, 3.8) is 0 Å². The summed E-state index contributed by atoms with van der Waals surface area (Å²) in [5, 5.41) is 6.60. The molecule has 1 fully saturated rings. The Morgan fingerprint density at radius 1 is 1.17 bits per heavy atom. The van der Waals surface area contributed by atoms with Gasteiger partial charge in [-0.1, -0.05) is 6.07 Å². The predicted octanol–water partition coefficient (Wildman–Crippen LogP) is 4.20. The number of sulfonamides is 1. The highest BCUT2D eigenvalue weighted by atomic mass is 32.2. The van der Waals surface area contributed by atoms with Crippen LogP contribution >= 0.6 is 11.3 Å². The third-order valence-corrected chi connectivity index (χ3v) is 7.63. The molecule has 2 aromatic rings. The van der Waals surface area contributed by atoms with Crippen molar-refractivity contribution in [2.45, 2.75) is 50.8 Å². The van der Waals surface area contributed by atoms with E-state index in [1.54, 1.807) is 25.2 Å². The van der Waals surface area contributed by atoms with Crippen LogP contribution in [0.4, 0.5) is 5.69 Å². The van der Waals surface area contributed by atoms with E-state index in [-0.39, 0.29) is 11.3 Å². The van der Waals surface area contributed by atoms with E-state index in [0.29, 0.717) is 5.92 Å². The van der Waals surface area contributed by atoms with E-state index in [2.05, 4.69) is 39.7 Å². The molecule has 0 radical (unpaired) electrons. The van der Waals surface area contributed by atoms with E-state index >= 15 is 0 Å². The van der Waals surface area contributed by atoms with Crippen LogP contribution < -0.4 is 10.0 Å². The normalized spacial score (nSPS) is 22.1. The van der Waals surface area contributed by atoms with Gasteiger partial charge in [0.05, 0.1) is 5.25 Å². The Hall–Kier alpha value is -1.11. The summed E-state index contributed by atoms with van der Waals surface area (Å²) in [6.07, 6.45) is 4.00. The second-order valence-corrected chi connectivity index (χ2v) is 10.2. The van der Waals surface area contributed by atoms with Crippen molar-refractivity contribution in [2.75, 3.05) is 11.9 Å². The van der Waals surface area contributed by atoms with Gasteiger partial charge >= 0.3 is 0 Å². The molecule has 0 spiro atoms. The van der Waals surface area contributed by atoms with Crippen LogP contribution in [0.25, 0.3) is 10.1 Å². The maximum Gasteiger partial charge on any atom is 0.214 e. The summed E-state index contributed by atoms with van der Waals surface area (Å²) in [7, 11) is -3.15. The molecule has 1 aliphatic carbocycles. The van der Waals surface area contributed by atoms with Crippen molar-refractivity contribution in [1.82, 2.24) is 4.72 Å². The topological polar surface area (TPSA) is 58.2 Å². The van der Waals surface area contributed by atoms with Gasteiger partial charge in [-0.05, 0) is 74.4 Å². The van der Waals surface area contributed by atoms with Crippen molar-refractivity contribution in [3.05, 3.63) is 29.6 Å². The van der Waals surface area contributed by atoms with Gasteiger partial charge < -0.3 is 5.32 Å². The Bertz CT molecular complexity index is 775. The number of fused-ring (bicyclic) bond motifs is 1. The second-order valence-electron chi connectivity index (χ2n) is 6.98. The number of benzene rings is 1. The van der Waals surface area contributed by atoms with Crippen molar-refractivity contribution in [3.8, 4) is 0 Å². The van der Waals surface area contributed by atoms with Crippen molar-refractivity contribution in [1.29, 1.82) is 0 Å². The lowest BCUT2D eigenvalue weighted by atomic mass is 9.86. The fourth-order valence-corrected chi connectivity index (χ4v) is 4.98. The van der Waals surface area contributed by atoms with E-state index in [1.807, 2.05) is 0 Å². The zero-order chi connectivity index (χ0) is 17.2. The molecule has 3 rings (SSSR count). The van der Waals surface area contributed by atoms with E-state index in [9.17, 15) is 8.42 Å². The summed E-state index contributed by atoms with van der Waals surface area (Å²) in [4.78, 5) is 0. The first-order valence-electron chi connectivity index (χ1n) is 8.66. The average molecular weight is 367 g/mol. The second kappa shape index (κ2) is 7.42. The molecule has 132 valence electrons. The smallest absolute Gasteiger partial charge is 0.214 e. The summed E-state index contributed by atoms with van der Waals surface area (Å²) in [5.41, 5.74) is 1.17. The van der Waals surface area contributed by atoms with Crippen LogP contribution in [-0.4, -0.2) is 26.3 Å². The Morgan fingerprint density at radius 2 is 1.92 bits per heavy atom. The molecule has 1 heterocycles. The third-order valence-electron chi connectivity index (χ3n) is 4.85. The maximum absolute atomic E-state index is 12.0. The fraction of sp³-hybridized carbons (Fsp3) is 0.556. The van der Waals surface area contributed by atoms with Crippen molar-refractivity contribution in [2.24, 2.45) is 5.92 Å². The number of hydrogen-bond acceptors (Lipinski definition) is 4. The van der Waals surface area contributed by atoms with Crippen LogP contribution in [0.3, 0.4) is 0 Å². The first-order valence-corrected chi connectivity index (χ1v) is 11.1. The molecule has 4 nitrogen and oxygen atoms in total. The molecule has 1 saturated carbocycles. The molecule has 0 aliphatic heterocycles. The molecule has 24 heavy (non-hydrogen) atoms. The lowest BCUT2D eigenvalue weighted by molar-refractivity contribution is 0.323. The lowest BCUT2D eigenvalue weighted by Crippen LogP contribution is -2.41. The fourth-order valence-electron chi connectivity index (χ4n) is 3.18. The van der Waals surface area contributed by atoms with Crippen LogP contribution in [0, 0.1) is 5.92 Å². The average Bonchev–Trinajstić information content (AvgIpc) is 3.01. The Labute approximate surface area is 148 Å². The minimum atomic E-state index is -3.15. The van der Waals surface area contributed by atoms with Crippen molar-refractivity contribution >= 4 is 37.1 Å². The Balaban J connectivity index is 1.47. The molecule has 0 unspecified atom stereocenters. The van der Waals surface area contributed by atoms with Gasteiger partial charge in [0.15, 0.2) is 0 Å². The van der Waals surface area contributed by atoms with Crippen LogP contribution in [-0.2, 0) is 10.0 Å². The molecule has 1 aliphatic rings. The third kappa shape index (κ3) is 4.29. The summed E-state index contributed by atoms with van der Waals surface area (Å²) >= 11 is 1.77. The van der Waals surface area contributed by atoms with Gasteiger partial charge in [0.1, 0.15) is 0 Å². The highest BCUT2D eigenvalue weighted by Gasteiger charge is 2.26. The van der Waals surface area contributed by atoms with E-state index in [4.69, 9.17) is 0 Å². The summed E-state index contributed by atoms with van der Waals surface area (Å²) in [6, 6.07) is 8.76. The highest BCUT2D eigenvalue weighted by Crippen LogP contribution is 2.27. The standard InChI is InChI=1S/C18H26N2O2S2/c1-13(2)24(21,22)20-16-6-3-14(4-7-16)12-19-17-8-5-15-9-10-23-18(15)11-17/h5,8-11,13-14,16,19-20H,3-4,6-7,12H2,1-2H3.